The van der Waals surface area contributed by atoms with Gasteiger partial charge in [-0.3, -0.25) is 10.1 Å². The normalized spacial score (nSPS) is 16.9. The second-order valence-electron chi connectivity index (χ2n) is 4.90. The number of dihydropyridines is 1. The van der Waals surface area contributed by atoms with Gasteiger partial charge in [0.2, 0.25) is 0 Å². The Morgan fingerprint density at radius 2 is 2.26 bits per heavy atom. The van der Waals surface area contributed by atoms with Crippen molar-refractivity contribution in [3.8, 4) is 6.07 Å². The molecule has 2 rings (SSSR count). The number of nitriles is 1. The zero-order chi connectivity index (χ0) is 17.0. The maximum atomic E-state index is 12.2. The Balaban J connectivity index is 2.55. The summed E-state index contributed by atoms with van der Waals surface area (Å²) in [6.45, 7) is 3.59. The van der Waals surface area contributed by atoms with Gasteiger partial charge in [-0.1, -0.05) is 12.1 Å². The Labute approximate surface area is 133 Å². The number of hydrogen-bond acceptors (Lipinski definition) is 6. The smallest absolute Gasteiger partial charge is 0.336 e. The van der Waals surface area contributed by atoms with E-state index in [4.69, 9.17) is 4.74 Å². The molecule has 7 nitrogen and oxygen atoms in total. The van der Waals surface area contributed by atoms with Crippen molar-refractivity contribution < 1.29 is 14.5 Å². The first kappa shape index (κ1) is 16.2. The van der Waals surface area contributed by atoms with Crippen LogP contribution in [-0.4, -0.2) is 17.5 Å². The fourth-order valence-corrected chi connectivity index (χ4v) is 2.42. The van der Waals surface area contributed by atoms with Gasteiger partial charge in [-0.05, 0) is 19.4 Å². The zero-order valence-corrected chi connectivity index (χ0v) is 12.7. The SMILES string of the molecule is CCOC(=O)C1=CNC(C)=C(C#N)C1c1cccc([N+](=O)[O-])c1. The van der Waals surface area contributed by atoms with Crippen molar-refractivity contribution in [1.82, 2.24) is 5.32 Å². The molecule has 1 heterocycles. The van der Waals surface area contributed by atoms with Gasteiger partial charge < -0.3 is 10.1 Å². The van der Waals surface area contributed by atoms with Crippen molar-refractivity contribution in [3.63, 3.8) is 0 Å². The standard InChI is InChI=1S/C16H15N3O4/c1-3-23-16(20)14-9-18-10(2)13(8-17)15(14)11-5-4-6-12(7-11)19(21)22/h4-7,9,15,18H,3H2,1-2H3. The highest BCUT2D eigenvalue weighted by molar-refractivity contribution is 5.92. The summed E-state index contributed by atoms with van der Waals surface area (Å²) in [6, 6.07) is 7.99. The molecule has 0 radical (unpaired) electrons. The molecule has 0 fully saturated rings. The van der Waals surface area contributed by atoms with Crippen molar-refractivity contribution in [3.05, 3.63) is 63.0 Å². The van der Waals surface area contributed by atoms with Crippen LogP contribution in [0.3, 0.4) is 0 Å². The summed E-state index contributed by atoms with van der Waals surface area (Å²) in [5.41, 5.74) is 1.57. The van der Waals surface area contributed by atoms with Gasteiger partial charge in [0.05, 0.1) is 34.7 Å². The van der Waals surface area contributed by atoms with Crippen LogP contribution < -0.4 is 5.32 Å². The van der Waals surface area contributed by atoms with Crippen molar-refractivity contribution >= 4 is 11.7 Å². The number of non-ortho nitro benzene ring substituents is 1. The van der Waals surface area contributed by atoms with Crippen molar-refractivity contribution in [2.75, 3.05) is 6.61 Å². The zero-order valence-electron chi connectivity index (χ0n) is 12.7. The molecule has 1 atom stereocenters. The second kappa shape index (κ2) is 6.75. The minimum absolute atomic E-state index is 0.0980. The predicted molar refractivity (Wildman–Crippen MR) is 82.0 cm³/mol. The first-order valence-corrected chi connectivity index (χ1v) is 6.98. The Bertz CT molecular complexity index is 759. The molecule has 0 bridgehead atoms. The van der Waals surface area contributed by atoms with Crippen molar-refractivity contribution in [2.24, 2.45) is 0 Å². The molecule has 0 aliphatic carbocycles. The molecular weight excluding hydrogens is 298 g/mol. The number of nitrogens with zero attached hydrogens (tertiary/aromatic N) is 2. The van der Waals surface area contributed by atoms with Crippen molar-refractivity contribution in [2.45, 2.75) is 19.8 Å². The third-order valence-corrected chi connectivity index (χ3v) is 3.49. The fraction of sp³-hybridized carbons (Fsp3) is 0.250. The Morgan fingerprint density at radius 3 is 2.87 bits per heavy atom. The number of nitrogens with one attached hydrogen (secondary N) is 1. The van der Waals surface area contributed by atoms with Crippen LogP contribution in [0, 0.1) is 21.4 Å². The van der Waals surface area contributed by atoms with E-state index in [-0.39, 0.29) is 17.9 Å². The molecule has 1 aromatic rings. The van der Waals surface area contributed by atoms with Gasteiger partial charge in [0.25, 0.3) is 5.69 Å². The molecule has 0 saturated heterocycles. The fourth-order valence-electron chi connectivity index (χ4n) is 2.42. The summed E-state index contributed by atoms with van der Waals surface area (Å²) in [7, 11) is 0. The molecular formula is C16H15N3O4. The summed E-state index contributed by atoms with van der Waals surface area (Å²) in [4.78, 5) is 22.6. The first-order chi connectivity index (χ1) is 11.0. The van der Waals surface area contributed by atoms with Crippen LogP contribution in [0.15, 0.2) is 47.3 Å². The van der Waals surface area contributed by atoms with Gasteiger partial charge in [-0.2, -0.15) is 5.26 Å². The Morgan fingerprint density at radius 1 is 1.52 bits per heavy atom. The number of ether oxygens (including phenoxy) is 1. The van der Waals surface area contributed by atoms with E-state index in [2.05, 4.69) is 11.4 Å². The molecule has 0 spiro atoms. The van der Waals surface area contributed by atoms with Crippen LogP contribution in [0.4, 0.5) is 5.69 Å². The molecule has 1 aliphatic heterocycles. The molecule has 0 amide bonds. The topological polar surface area (TPSA) is 105 Å². The maximum absolute atomic E-state index is 12.2. The van der Waals surface area contributed by atoms with E-state index in [9.17, 15) is 20.2 Å². The van der Waals surface area contributed by atoms with Crippen LogP contribution in [0.25, 0.3) is 0 Å². The quantitative estimate of drug-likeness (QED) is 0.520. The number of carbonyl (C=O) groups excluding carboxylic acids is 1. The number of hydrogen-bond donors (Lipinski definition) is 1. The van der Waals surface area contributed by atoms with Gasteiger partial charge in [-0.15, -0.1) is 0 Å². The predicted octanol–water partition coefficient (Wildman–Crippen LogP) is 2.53. The van der Waals surface area contributed by atoms with Gasteiger partial charge in [-0.25, -0.2) is 4.79 Å². The summed E-state index contributed by atoms with van der Waals surface area (Å²) < 4.78 is 5.03. The van der Waals surface area contributed by atoms with Gasteiger partial charge in [0, 0.05) is 24.0 Å². The largest absolute Gasteiger partial charge is 0.463 e. The van der Waals surface area contributed by atoms with Crippen LogP contribution in [-0.2, 0) is 9.53 Å². The molecule has 1 N–H and O–H groups in total. The molecule has 7 heteroatoms. The average Bonchev–Trinajstić information content (AvgIpc) is 2.54. The summed E-state index contributed by atoms with van der Waals surface area (Å²) in [6.07, 6.45) is 1.48. The number of allylic oxidation sites excluding steroid dienone is 2. The number of benzene rings is 1. The van der Waals surface area contributed by atoms with Gasteiger partial charge in [0.15, 0.2) is 0 Å². The molecule has 0 aromatic heterocycles. The minimum Gasteiger partial charge on any atom is -0.463 e. The molecule has 1 aromatic carbocycles. The van der Waals surface area contributed by atoms with Crippen LogP contribution >= 0.6 is 0 Å². The lowest BCUT2D eigenvalue weighted by atomic mass is 9.82. The summed E-state index contributed by atoms with van der Waals surface area (Å²) in [5, 5.41) is 23.3. The van der Waals surface area contributed by atoms with E-state index in [0.717, 1.165) is 0 Å². The molecule has 1 unspecified atom stereocenters. The monoisotopic (exact) mass is 313 g/mol. The van der Waals surface area contributed by atoms with E-state index in [0.29, 0.717) is 16.8 Å². The summed E-state index contributed by atoms with van der Waals surface area (Å²) >= 11 is 0. The average molecular weight is 313 g/mol. The summed E-state index contributed by atoms with van der Waals surface area (Å²) in [5.74, 6) is -1.25. The first-order valence-electron chi connectivity index (χ1n) is 6.98. The second-order valence-corrected chi connectivity index (χ2v) is 4.90. The van der Waals surface area contributed by atoms with Gasteiger partial charge in [0.1, 0.15) is 0 Å². The number of carbonyl (C=O) groups is 1. The number of nitro benzene ring substituents is 1. The lowest BCUT2D eigenvalue weighted by molar-refractivity contribution is -0.384. The lowest BCUT2D eigenvalue weighted by Crippen LogP contribution is -2.25. The third kappa shape index (κ3) is 3.21. The third-order valence-electron chi connectivity index (χ3n) is 3.49. The highest BCUT2D eigenvalue weighted by Crippen LogP contribution is 2.37. The minimum atomic E-state index is -0.694. The molecule has 1 aliphatic rings. The van der Waals surface area contributed by atoms with E-state index >= 15 is 0 Å². The van der Waals surface area contributed by atoms with Crippen LogP contribution in [0.1, 0.15) is 25.3 Å². The number of nitro groups is 1. The molecule has 118 valence electrons. The van der Waals surface area contributed by atoms with Gasteiger partial charge >= 0.3 is 5.97 Å². The van der Waals surface area contributed by atoms with E-state index in [1.807, 2.05) is 0 Å². The van der Waals surface area contributed by atoms with Crippen molar-refractivity contribution in [1.29, 1.82) is 5.26 Å². The van der Waals surface area contributed by atoms with E-state index in [1.165, 1.54) is 24.4 Å². The maximum Gasteiger partial charge on any atom is 0.336 e. The Hall–Kier alpha value is -3.14. The van der Waals surface area contributed by atoms with Crippen LogP contribution in [0.2, 0.25) is 0 Å². The highest BCUT2D eigenvalue weighted by atomic mass is 16.6. The number of rotatable bonds is 4. The Kier molecular flexibility index (Phi) is 4.76. The van der Waals surface area contributed by atoms with E-state index < -0.39 is 16.8 Å². The highest BCUT2D eigenvalue weighted by Gasteiger charge is 2.32. The lowest BCUT2D eigenvalue weighted by Gasteiger charge is -2.25. The number of esters is 1. The van der Waals surface area contributed by atoms with Crippen LogP contribution in [0.5, 0.6) is 0 Å². The molecule has 0 saturated carbocycles. The molecule has 23 heavy (non-hydrogen) atoms. The van der Waals surface area contributed by atoms with E-state index in [1.54, 1.807) is 19.9 Å².